The van der Waals surface area contributed by atoms with E-state index in [0.717, 1.165) is 0 Å². The zero-order chi connectivity index (χ0) is 0. The van der Waals surface area contributed by atoms with E-state index in [9.17, 15) is 0 Å². The minimum atomic E-state index is 0. The van der Waals surface area contributed by atoms with E-state index in [0.29, 0.717) is 0 Å². The van der Waals surface area contributed by atoms with Gasteiger partial charge in [-0.2, -0.15) is 0 Å². The van der Waals surface area contributed by atoms with Gasteiger partial charge in [-0.3, -0.25) is 0 Å². The van der Waals surface area contributed by atoms with Gasteiger partial charge in [-0.15, -0.1) is 0 Å². The van der Waals surface area contributed by atoms with Crippen LogP contribution in [0.3, 0.4) is 0 Å². The molecule has 0 unspecified atom stereocenters. The van der Waals surface area contributed by atoms with Gasteiger partial charge in [0.2, 0.25) is 0 Å². The zero-order valence-corrected chi connectivity index (χ0v) is 10.1. The largest absolute Gasteiger partial charge is 3.00 e. The minimum absolute atomic E-state index is 0. The molecule has 0 rings (SSSR count). The Labute approximate surface area is 102 Å². The molecule has 69 valence electrons. The summed E-state index contributed by atoms with van der Waals surface area (Å²) in [6.45, 7) is 0. The molecule has 0 saturated carbocycles. The first kappa shape index (κ1) is 421. The van der Waals surface area contributed by atoms with Gasteiger partial charge in [-0.1, -0.05) is 0 Å². The normalized spacial score (nSPS) is 0. The second kappa shape index (κ2) is 317. The fraction of sp³-hybridized carbons (Fsp3) is 0. The molecule has 0 heterocycles. The Balaban J connectivity index is 0. The van der Waals surface area contributed by atoms with Crippen LogP contribution >= 0.6 is 0 Å². The van der Waals surface area contributed by atoms with Crippen molar-refractivity contribution in [3.63, 3.8) is 0 Å². The molecular weight excluding hydrogens is 381 g/mol. The summed E-state index contributed by atoms with van der Waals surface area (Å²) in [4.78, 5) is 0. The van der Waals surface area contributed by atoms with Crippen LogP contribution in [0, 0.1) is 0 Å². The Hall–Kier alpha value is 1.81. The molecule has 0 aliphatic heterocycles. The summed E-state index contributed by atoms with van der Waals surface area (Å²) in [5, 5.41) is 0. The summed E-state index contributed by atoms with van der Waals surface area (Å²) >= 11 is 0. The smallest absolute Gasteiger partial charge is 2.00 e. The molecule has 0 aromatic heterocycles. The number of rotatable bonds is 0. The van der Waals surface area contributed by atoms with Crippen molar-refractivity contribution in [3.8, 4) is 0 Å². The van der Waals surface area contributed by atoms with Crippen molar-refractivity contribution in [1.29, 1.82) is 0 Å². The van der Waals surface area contributed by atoms with Crippen LogP contribution in [0.5, 0.6) is 0 Å². The molecule has 0 saturated heterocycles. The topological polar surface area (TPSA) is 200 Å². The van der Waals surface area contributed by atoms with Crippen molar-refractivity contribution in [3.05, 3.63) is 0 Å². The standard InChI is InChI=1S/Mo.7O.Sb.V/q;7*-2;+3;. The molecule has 0 bridgehead atoms. The van der Waals surface area contributed by atoms with Crippen molar-refractivity contribution in [2.24, 2.45) is 0 Å². The SMILES string of the molecule is [Mo].[O-2].[O-2].[O-2].[O-2].[O-2].[O-2].[O-2].[Sb+3].[V]. The summed E-state index contributed by atoms with van der Waals surface area (Å²) in [7, 11) is 0. The monoisotopic (exact) mass is 382 g/mol. The van der Waals surface area contributed by atoms with Crippen molar-refractivity contribution in [1.82, 2.24) is 0 Å². The third kappa shape index (κ3) is 232. The second-order valence-corrected chi connectivity index (χ2v) is 0. The first-order chi connectivity index (χ1) is 0. The van der Waals surface area contributed by atoms with Crippen molar-refractivity contribution < 1.29 is 78.0 Å². The van der Waals surface area contributed by atoms with Gasteiger partial charge in [0.1, 0.15) is 0 Å². The molecule has 0 spiro atoms. The molecule has 0 aliphatic carbocycles. The third-order valence-electron chi connectivity index (χ3n) is 0. The number of hydrogen-bond acceptors (Lipinski definition) is 0. The second-order valence-electron chi connectivity index (χ2n) is 0. The first-order valence-corrected chi connectivity index (χ1v) is 0. The molecule has 0 N–H and O–H groups in total. The molecular formula is MoO7SbV-11. The van der Waals surface area contributed by atoms with Crippen molar-refractivity contribution in [2.45, 2.75) is 0 Å². The van der Waals surface area contributed by atoms with E-state index in [-0.39, 0.29) is 102 Å². The Morgan fingerprint density at radius 2 is 0.400 bits per heavy atom. The summed E-state index contributed by atoms with van der Waals surface area (Å²) in [5.74, 6) is 0. The minimum Gasteiger partial charge on any atom is -2.00 e. The molecule has 10 heavy (non-hydrogen) atoms. The Bertz CT molecular complexity index is 13.6. The van der Waals surface area contributed by atoms with Gasteiger partial charge < -0.3 is 38.3 Å². The van der Waals surface area contributed by atoms with Crippen LogP contribution in [0.25, 0.3) is 0 Å². The fourth-order valence-electron chi connectivity index (χ4n) is 0. The van der Waals surface area contributed by atoms with Crippen LogP contribution in [-0.2, 0) is 78.0 Å². The van der Waals surface area contributed by atoms with Crippen LogP contribution in [0.2, 0.25) is 0 Å². The van der Waals surface area contributed by atoms with Gasteiger partial charge in [-0.05, 0) is 0 Å². The molecule has 0 aromatic carbocycles. The third-order valence-corrected chi connectivity index (χ3v) is 0. The quantitative estimate of drug-likeness (QED) is 0.454. The predicted octanol–water partition coefficient (Wildman–Crippen LogP) is -1.22. The van der Waals surface area contributed by atoms with E-state index in [2.05, 4.69) is 0 Å². The van der Waals surface area contributed by atoms with E-state index < -0.39 is 0 Å². The van der Waals surface area contributed by atoms with Crippen LogP contribution in [-0.4, -0.2) is 24.4 Å². The van der Waals surface area contributed by atoms with Crippen LogP contribution in [0.1, 0.15) is 0 Å². The van der Waals surface area contributed by atoms with Gasteiger partial charge in [0.25, 0.3) is 0 Å². The van der Waals surface area contributed by atoms with Gasteiger partial charge in [0, 0.05) is 39.6 Å². The van der Waals surface area contributed by atoms with Crippen LogP contribution < -0.4 is 0 Å². The Kier molecular flexibility index (Phi) is 13400. The summed E-state index contributed by atoms with van der Waals surface area (Å²) in [6, 6.07) is 0. The average Bonchev–Trinajstić information content (AvgIpc) is 0. The van der Waals surface area contributed by atoms with Crippen molar-refractivity contribution >= 4 is 24.4 Å². The van der Waals surface area contributed by atoms with Gasteiger partial charge in [0.05, 0.1) is 0 Å². The molecule has 0 aromatic rings. The molecule has 3 radical (unpaired) electrons. The van der Waals surface area contributed by atoms with E-state index >= 15 is 0 Å². The van der Waals surface area contributed by atoms with Crippen LogP contribution in [0.4, 0.5) is 0 Å². The fourth-order valence-corrected chi connectivity index (χ4v) is 0. The Morgan fingerprint density at radius 1 is 0.400 bits per heavy atom. The van der Waals surface area contributed by atoms with E-state index in [4.69, 9.17) is 0 Å². The summed E-state index contributed by atoms with van der Waals surface area (Å²) in [5.41, 5.74) is 0. The molecule has 10 heteroatoms. The maximum atomic E-state index is 0. The zero-order valence-electron chi connectivity index (χ0n) is 4.16. The molecule has 7 nitrogen and oxygen atoms in total. The first-order valence-electron chi connectivity index (χ1n) is 0. The van der Waals surface area contributed by atoms with Gasteiger partial charge >= 0.3 is 24.4 Å². The molecule has 0 amide bonds. The van der Waals surface area contributed by atoms with E-state index in [1.165, 1.54) is 0 Å². The molecule has 0 fully saturated rings. The number of hydrogen-bond donors (Lipinski definition) is 0. The maximum Gasteiger partial charge on any atom is 3.00 e. The van der Waals surface area contributed by atoms with Gasteiger partial charge in [0.15, 0.2) is 0 Å². The van der Waals surface area contributed by atoms with Gasteiger partial charge in [-0.25, -0.2) is 0 Å². The van der Waals surface area contributed by atoms with Crippen LogP contribution in [0.15, 0.2) is 0 Å². The van der Waals surface area contributed by atoms with Crippen molar-refractivity contribution in [2.75, 3.05) is 0 Å². The molecule has 0 atom stereocenters. The predicted molar refractivity (Wildman–Crippen MR) is 10.6 cm³/mol. The average molecular weight is 381 g/mol. The van der Waals surface area contributed by atoms with E-state index in [1.807, 2.05) is 0 Å². The maximum absolute atomic E-state index is 0. The molecule has 0 aliphatic rings. The summed E-state index contributed by atoms with van der Waals surface area (Å²) in [6.07, 6.45) is 0. The summed E-state index contributed by atoms with van der Waals surface area (Å²) < 4.78 is 0. The van der Waals surface area contributed by atoms with E-state index in [1.54, 1.807) is 0 Å². The Morgan fingerprint density at radius 3 is 0.400 bits per heavy atom.